The van der Waals surface area contributed by atoms with Crippen LogP contribution in [0.4, 0.5) is 0 Å². The number of nitrogens with zero attached hydrogens (tertiary/aromatic N) is 1. The number of hydrogen-bond donors (Lipinski definition) is 4. The van der Waals surface area contributed by atoms with Crippen LogP contribution in [0.1, 0.15) is 6.23 Å². The molecule has 3 heterocycles. The Bertz CT molecular complexity index is 763. The lowest BCUT2D eigenvalue weighted by molar-refractivity contribution is -0.0549. The fraction of sp³-hybridized carbons (Fsp3) is 0.385. The average molecular weight is 310 g/mol. The second-order valence-corrected chi connectivity index (χ2v) is 4.92. The number of hydrogen-bond acceptors (Lipinski definition) is 7. The van der Waals surface area contributed by atoms with E-state index < -0.39 is 42.4 Å². The van der Waals surface area contributed by atoms with Gasteiger partial charge in [-0.25, -0.2) is 4.79 Å². The van der Waals surface area contributed by atoms with E-state index in [1.165, 1.54) is 18.5 Å². The molecular formula is C13H14N2O7. The topological polar surface area (TPSA) is 138 Å². The van der Waals surface area contributed by atoms with Crippen LogP contribution in [-0.2, 0) is 4.74 Å². The van der Waals surface area contributed by atoms with Gasteiger partial charge in [-0.05, 0) is 12.1 Å². The molecule has 2 aromatic rings. The summed E-state index contributed by atoms with van der Waals surface area (Å²) < 4.78 is 11.3. The van der Waals surface area contributed by atoms with Crippen molar-refractivity contribution in [3.63, 3.8) is 0 Å². The van der Waals surface area contributed by atoms with E-state index in [0.717, 1.165) is 4.57 Å². The molecule has 0 spiro atoms. The highest BCUT2D eigenvalue weighted by Crippen LogP contribution is 2.28. The van der Waals surface area contributed by atoms with Crippen molar-refractivity contribution in [3.8, 4) is 11.3 Å². The smallest absolute Gasteiger partial charge is 0.330 e. The minimum atomic E-state index is -1.43. The molecule has 0 aliphatic carbocycles. The van der Waals surface area contributed by atoms with Crippen LogP contribution in [0.5, 0.6) is 0 Å². The Morgan fingerprint density at radius 2 is 2.05 bits per heavy atom. The molecule has 3 rings (SSSR count). The highest BCUT2D eigenvalue weighted by atomic mass is 16.6. The van der Waals surface area contributed by atoms with E-state index in [-0.39, 0.29) is 11.3 Å². The van der Waals surface area contributed by atoms with Crippen LogP contribution in [0.3, 0.4) is 0 Å². The monoisotopic (exact) mass is 310 g/mol. The number of aromatic amines is 1. The summed E-state index contributed by atoms with van der Waals surface area (Å²) in [5.74, 6) is 0.238. The molecule has 0 amide bonds. The van der Waals surface area contributed by atoms with Crippen LogP contribution in [0.2, 0.25) is 0 Å². The summed E-state index contributed by atoms with van der Waals surface area (Å²) in [7, 11) is 0. The lowest BCUT2D eigenvalue weighted by Crippen LogP contribution is -2.38. The lowest BCUT2D eigenvalue weighted by Gasteiger charge is -2.17. The van der Waals surface area contributed by atoms with E-state index in [2.05, 4.69) is 4.98 Å². The number of rotatable bonds is 3. The Hall–Kier alpha value is -2.20. The third-order valence-electron chi connectivity index (χ3n) is 3.55. The number of nitrogens with one attached hydrogen (secondary N) is 1. The standard InChI is InChI=1S/C13H14N2O7/c16-5-8-9(17)10(18)12(22-8)15-4-6(7-2-1-3-21-7)11(19)14-13(15)20/h1-4,8-10,12,16-18H,5H2,(H,14,19,20)/t8-,9?,10?,12-/m0/s1. The molecule has 2 unspecified atom stereocenters. The molecule has 9 nitrogen and oxygen atoms in total. The fourth-order valence-corrected chi connectivity index (χ4v) is 2.39. The van der Waals surface area contributed by atoms with Crippen LogP contribution in [0, 0.1) is 0 Å². The van der Waals surface area contributed by atoms with Gasteiger partial charge in [0.1, 0.15) is 24.1 Å². The second-order valence-electron chi connectivity index (χ2n) is 4.92. The summed E-state index contributed by atoms with van der Waals surface area (Å²) in [6.07, 6.45) is -2.47. The van der Waals surface area contributed by atoms with Crippen LogP contribution < -0.4 is 11.2 Å². The molecular weight excluding hydrogens is 296 g/mol. The van der Waals surface area contributed by atoms with Crippen molar-refractivity contribution in [2.45, 2.75) is 24.5 Å². The molecule has 1 saturated heterocycles. The first-order valence-electron chi connectivity index (χ1n) is 6.54. The molecule has 4 N–H and O–H groups in total. The normalized spacial score (nSPS) is 28.1. The number of aliphatic hydroxyl groups excluding tert-OH is 3. The van der Waals surface area contributed by atoms with E-state index in [1.807, 2.05) is 0 Å². The predicted octanol–water partition coefficient (Wildman–Crippen LogP) is -1.59. The summed E-state index contributed by atoms with van der Waals surface area (Å²) >= 11 is 0. The zero-order valence-electron chi connectivity index (χ0n) is 11.2. The van der Waals surface area contributed by atoms with E-state index in [9.17, 15) is 19.8 Å². The van der Waals surface area contributed by atoms with E-state index in [1.54, 1.807) is 6.07 Å². The number of aliphatic hydroxyl groups is 3. The Kier molecular flexibility index (Phi) is 3.71. The first-order valence-corrected chi connectivity index (χ1v) is 6.54. The molecule has 0 bridgehead atoms. The Balaban J connectivity index is 2.07. The molecule has 1 aliphatic heterocycles. The zero-order chi connectivity index (χ0) is 15.9. The van der Waals surface area contributed by atoms with E-state index in [4.69, 9.17) is 14.3 Å². The molecule has 2 aromatic heterocycles. The summed E-state index contributed by atoms with van der Waals surface area (Å²) in [5, 5.41) is 28.8. The third-order valence-corrected chi connectivity index (χ3v) is 3.55. The first-order chi connectivity index (χ1) is 10.5. The largest absolute Gasteiger partial charge is 0.464 e. The van der Waals surface area contributed by atoms with Gasteiger partial charge in [0, 0.05) is 6.20 Å². The molecule has 1 fully saturated rings. The lowest BCUT2D eigenvalue weighted by atomic mass is 10.1. The van der Waals surface area contributed by atoms with Crippen molar-refractivity contribution < 1.29 is 24.5 Å². The van der Waals surface area contributed by atoms with Crippen molar-refractivity contribution in [2.75, 3.05) is 6.61 Å². The minimum absolute atomic E-state index is 0.0716. The molecule has 1 aliphatic rings. The van der Waals surface area contributed by atoms with Gasteiger partial charge in [0.2, 0.25) is 0 Å². The summed E-state index contributed by atoms with van der Waals surface area (Å²) in [4.78, 5) is 25.9. The first kappa shape index (κ1) is 14.7. The van der Waals surface area contributed by atoms with Gasteiger partial charge >= 0.3 is 5.69 Å². The fourth-order valence-electron chi connectivity index (χ4n) is 2.39. The SMILES string of the molecule is O=c1[nH]c(=O)n([C@H]2O[C@@H](CO)C(O)C2O)cc1-c1ccco1. The average Bonchev–Trinajstić information content (AvgIpc) is 3.10. The number of furan rings is 1. The molecule has 0 radical (unpaired) electrons. The summed E-state index contributed by atoms with van der Waals surface area (Å²) in [5.41, 5.74) is -1.39. The van der Waals surface area contributed by atoms with Crippen LogP contribution in [0.15, 0.2) is 38.6 Å². The van der Waals surface area contributed by atoms with Gasteiger partial charge in [-0.15, -0.1) is 0 Å². The van der Waals surface area contributed by atoms with Crippen molar-refractivity contribution in [1.29, 1.82) is 0 Å². The zero-order valence-corrected chi connectivity index (χ0v) is 11.2. The molecule has 0 aromatic carbocycles. The maximum atomic E-state index is 11.9. The molecule has 22 heavy (non-hydrogen) atoms. The Morgan fingerprint density at radius 1 is 1.27 bits per heavy atom. The van der Waals surface area contributed by atoms with Gasteiger partial charge in [0.15, 0.2) is 6.23 Å². The highest BCUT2D eigenvalue weighted by molar-refractivity contribution is 5.54. The van der Waals surface area contributed by atoms with Gasteiger partial charge in [0.25, 0.3) is 5.56 Å². The van der Waals surface area contributed by atoms with Crippen molar-refractivity contribution in [3.05, 3.63) is 45.4 Å². The van der Waals surface area contributed by atoms with E-state index >= 15 is 0 Å². The van der Waals surface area contributed by atoms with Crippen molar-refractivity contribution in [1.82, 2.24) is 9.55 Å². The Morgan fingerprint density at radius 3 is 2.64 bits per heavy atom. The molecule has 9 heteroatoms. The quantitative estimate of drug-likeness (QED) is 0.536. The maximum absolute atomic E-state index is 11.9. The van der Waals surface area contributed by atoms with Crippen molar-refractivity contribution in [2.24, 2.45) is 0 Å². The number of ether oxygens (including phenoxy) is 1. The van der Waals surface area contributed by atoms with Crippen LogP contribution >= 0.6 is 0 Å². The second kappa shape index (κ2) is 5.54. The van der Waals surface area contributed by atoms with Crippen molar-refractivity contribution >= 4 is 0 Å². The summed E-state index contributed by atoms with van der Waals surface area (Å²) in [6.45, 7) is -0.516. The molecule has 118 valence electrons. The van der Waals surface area contributed by atoms with Crippen LogP contribution in [-0.4, -0.2) is 49.8 Å². The van der Waals surface area contributed by atoms with Gasteiger partial charge in [-0.2, -0.15) is 0 Å². The third kappa shape index (κ3) is 2.29. The van der Waals surface area contributed by atoms with Gasteiger partial charge in [-0.3, -0.25) is 14.3 Å². The summed E-state index contributed by atoms with van der Waals surface area (Å²) in [6, 6.07) is 3.12. The highest BCUT2D eigenvalue weighted by Gasteiger charge is 2.43. The van der Waals surface area contributed by atoms with Crippen LogP contribution in [0.25, 0.3) is 11.3 Å². The van der Waals surface area contributed by atoms with Gasteiger partial charge in [0.05, 0.1) is 18.4 Å². The van der Waals surface area contributed by atoms with Gasteiger partial charge < -0.3 is 24.5 Å². The Labute approximate surface area is 123 Å². The minimum Gasteiger partial charge on any atom is -0.464 e. The predicted molar refractivity (Wildman–Crippen MR) is 72.0 cm³/mol. The van der Waals surface area contributed by atoms with E-state index in [0.29, 0.717) is 0 Å². The molecule has 4 atom stereocenters. The number of aromatic nitrogens is 2. The number of H-pyrrole nitrogens is 1. The maximum Gasteiger partial charge on any atom is 0.330 e. The molecule has 0 saturated carbocycles. The van der Waals surface area contributed by atoms with Gasteiger partial charge in [-0.1, -0.05) is 0 Å².